The molecule has 1 fully saturated rings. The quantitative estimate of drug-likeness (QED) is 0.895. The van der Waals surface area contributed by atoms with E-state index in [1.54, 1.807) is 13.2 Å². The molecule has 3 unspecified atom stereocenters. The number of ether oxygens (including phenoxy) is 2. The molecular weight excluding hydrogens is 233 g/mol. The molecule has 3 atom stereocenters. The van der Waals surface area contributed by atoms with Gasteiger partial charge in [-0.2, -0.15) is 0 Å². The number of nitrogens with one attached hydrogen (secondary N) is 1. The first-order chi connectivity index (χ1) is 8.65. The summed E-state index contributed by atoms with van der Waals surface area (Å²) >= 11 is 0. The Hall–Kier alpha value is -1.13. The van der Waals surface area contributed by atoms with E-state index in [-0.39, 0.29) is 24.1 Å². The summed E-state index contributed by atoms with van der Waals surface area (Å²) in [5.41, 5.74) is 0.819. The van der Waals surface area contributed by atoms with Gasteiger partial charge in [-0.15, -0.1) is 0 Å². The van der Waals surface area contributed by atoms with Crippen molar-refractivity contribution in [1.82, 2.24) is 5.32 Å². The van der Waals surface area contributed by atoms with Gasteiger partial charge in [0.15, 0.2) is 0 Å². The number of halogens is 1. The lowest BCUT2D eigenvalue weighted by molar-refractivity contribution is 0.0327. The van der Waals surface area contributed by atoms with Crippen molar-refractivity contribution in [3.05, 3.63) is 29.6 Å². The number of benzene rings is 1. The van der Waals surface area contributed by atoms with Crippen molar-refractivity contribution < 1.29 is 13.9 Å². The SMILES string of the molecule is CNC(c1cc(F)ccc1OC)C1CCC(C)O1. The maximum absolute atomic E-state index is 13.4. The summed E-state index contributed by atoms with van der Waals surface area (Å²) in [5.74, 6) is 0.441. The number of likely N-dealkylation sites (N-methyl/N-ethyl adjacent to an activating group) is 1. The number of hydrogen-bond donors (Lipinski definition) is 1. The Kier molecular flexibility index (Phi) is 4.19. The lowest BCUT2D eigenvalue weighted by Gasteiger charge is -2.25. The molecule has 4 heteroatoms. The Balaban J connectivity index is 2.29. The first-order valence-electron chi connectivity index (χ1n) is 6.32. The van der Waals surface area contributed by atoms with Crippen LogP contribution in [0.3, 0.4) is 0 Å². The van der Waals surface area contributed by atoms with E-state index in [1.165, 1.54) is 12.1 Å². The molecule has 1 N–H and O–H groups in total. The van der Waals surface area contributed by atoms with Gasteiger partial charge < -0.3 is 14.8 Å². The highest BCUT2D eigenvalue weighted by atomic mass is 19.1. The molecule has 0 saturated carbocycles. The lowest BCUT2D eigenvalue weighted by Crippen LogP contribution is -2.30. The summed E-state index contributed by atoms with van der Waals surface area (Å²) in [6.07, 6.45) is 2.36. The van der Waals surface area contributed by atoms with Crippen LogP contribution in [0.1, 0.15) is 31.4 Å². The van der Waals surface area contributed by atoms with Crippen molar-refractivity contribution in [2.24, 2.45) is 0 Å². The van der Waals surface area contributed by atoms with Crippen molar-refractivity contribution in [2.45, 2.75) is 38.0 Å². The predicted molar refractivity (Wildman–Crippen MR) is 68.3 cm³/mol. The third-order valence-electron chi connectivity index (χ3n) is 3.47. The zero-order valence-electron chi connectivity index (χ0n) is 11.1. The van der Waals surface area contributed by atoms with E-state index < -0.39 is 0 Å². The van der Waals surface area contributed by atoms with Crippen LogP contribution in [0.4, 0.5) is 4.39 Å². The van der Waals surface area contributed by atoms with E-state index in [0.717, 1.165) is 18.4 Å². The maximum atomic E-state index is 13.4. The van der Waals surface area contributed by atoms with E-state index in [4.69, 9.17) is 9.47 Å². The number of hydrogen-bond acceptors (Lipinski definition) is 3. The molecule has 1 aromatic rings. The molecule has 0 aliphatic carbocycles. The van der Waals surface area contributed by atoms with Crippen LogP contribution < -0.4 is 10.1 Å². The van der Waals surface area contributed by atoms with Crippen LogP contribution in [0, 0.1) is 5.82 Å². The average Bonchev–Trinajstić information content (AvgIpc) is 2.77. The minimum absolute atomic E-state index is 0.0411. The van der Waals surface area contributed by atoms with Crippen LogP contribution in [0.2, 0.25) is 0 Å². The number of rotatable bonds is 4. The van der Waals surface area contributed by atoms with Gasteiger partial charge in [-0.1, -0.05) is 0 Å². The van der Waals surface area contributed by atoms with Crippen LogP contribution >= 0.6 is 0 Å². The molecule has 2 rings (SSSR count). The van der Waals surface area contributed by atoms with Gasteiger partial charge in [0.05, 0.1) is 25.4 Å². The summed E-state index contributed by atoms with van der Waals surface area (Å²) in [6, 6.07) is 4.55. The predicted octanol–water partition coefficient (Wildman–Crippen LogP) is 2.66. The fourth-order valence-corrected chi connectivity index (χ4v) is 2.57. The monoisotopic (exact) mass is 253 g/mol. The molecule has 3 nitrogen and oxygen atoms in total. The third-order valence-corrected chi connectivity index (χ3v) is 3.47. The summed E-state index contributed by atoms with van der Waals surface area (Å²) in [7, 11) is 3.46. The van der Waals surface area contributed by atoms with Crippen LogP contribution in [0.5, 0.6) is 5.75 Å². The minimum Gasteiger partial charge on any atom is -0.496 e. The molecule has 1 saturated heterocycles. The molecule has 0 amide bonds. The topological polar surface area (TPSA) is 30.5 Å². The van der Waals surface area contributed by atoms with Gasteiger partial charge in [0.2, 0.25) is 0 Å². The minimum atomic E-state index is -0.253. The van der Waals surface area contributed by atoms with E-state index in [2.05, 4.69) is 12.2 Å². The summed E-state index contributed by atoms with van der Waals surface area (Å²) in [4.78, 5) is 0. The molecular formula is C14H20FNO2. The third kappa shape index (κ3) is 2.65. The molecule has 18 heavy (non-hydrogen) atoms. The van der Waals surface area contributed by atoms with Gasteiger partial charge in [0.1, 0.15) is 11.6 Å². The molecule has 0 spiro atoms. The van der Waals surface area contributed by atoms with Crippen molar-refractivity contribution in [3.63, 3.8) is 0 Å². The molecule has 100 valence electrons. The standard InChI is InChI=1S/C14H20FNO2/c1-9-4-6-13(18-9)14(16-2)11-8-10(15)5-7-12(11)17-3/h5,7-9,13-14,16H,4,6H2,1-3H3. The van der Waals surface area contributed by atoms with Crippen LogP contribution in [0.15, 0.2) is 18.2 Å². The van der Waals surface area contributed by atoms with Crippen LogP contribution in [-0.4, -0.2) is 26.4 Å². The zero-order chi connectivity index (χ0) is 13.1. The normalized spacial score (nSPS) is 25.1. The summed E-state index contributed by atoms with van der Waals surface area (Å²) in [5, 5.41) is 3.21. The van der Waals surface area contributed by atoms with Gasteiger partial charge in [-0.25, -0.2) is 4.39 Å². The first kappa shape index (κ1) is 13.3. The zero-order valence-corrected chi connectivity index (χ0v) is 11.1. The summed E-state index contributed by atoms with van der Waals surface area (Å²) < 4.78 is 24.6. The van der Waals surface area contributed by atoms with Gasteiger partial charge >= 0.3 is 0 Å². The Morgan fingerprint density at radius 1 is 1.44 bits per heavy atom. The van der Waals surface area contributed by atoms with Crippen molar-refractivity contribution in [2.75, 3.05) is 14.2 Å². The Morgan fingerprint density at radius 3 is 2.78 bits per heavy atom. The van der Waals surface area contributed by atoms with Crippen LogP contribution in [0.25, 0.3) is 0 Å². The fraction of sp³-hybridized carbons (Fsp3) is 0.571. The summed E-state index contributed by atoms with van der Waals surface area (Å²) in [6.45, 7) is 2.07. The van der Waals surface area contributed by atoms with E-state index >= 15 is 0 Å². The van der Waals surface area contributed by atoms with Gasteiger partial charge in [-0.05, 0) is 45.0 Å². The average molecular weight is 253 g/mol. The highest BCUT2D eigenvalue weighted by Crippen LogP contribution is 2.34. The molecule has 1 heterocycles. The Labute approximate surface area is 107 Å². The molecule has 1 aromatic carbocycles. The molecule has 0 bridgehead atoms. The largest absolute Gasteiger partial charge is 0.496 e. The van der Waals surface area contributed by atoms with E-state index in [1.807, 2.05) is 7.05 Å². The molecule has 1 aliphatic rings. The highest BCUT2D eigenvalue weighted by molar-refractivity contribution is 5.37. The number of methoxy groups -OCH3 is 1. The van der Waals surface area contributed by atoms with Crippen molar-refractivity contribution >= 4 is 0 Å². The van der Waals surface area contributed by atoms with Gasteiger partial charge in [-0.3, -0.25) is 0 Å². The Bertz CT molecular complexity index is 411. The maximum Gasteiger partial charge on any atom is 0.123 e. The van der Waals surface area contributed by atoms with Gasteiger partial charge in [0, 0.05) is 5.56 Å². The second-order valence-electron chi connectivity index (χ2n) is 4.72. The smallest absolute Gasteiger partial charge is 0.123 e. The van der Waals surface area contributed by atoms with E-state index in [0.29, 0.717) is 5.75 Å². The second kappa shape index (κ2) is 5.67. The van der Waals surface area contributed by atoms with Crippen molar-refractivity contribution in [3.8, 4) is 5.75 Å². The molecule has 1 aliphatic heterocycles. The van der Waals surface area contributed by atoms with Crippen LogP contribution in [-0.2, 0) is 4.74 Å². The van der Waals surface area contributed by atoms with E-state index in [9.17, 15) is 4.39 Å². The Morgan fingerprint density at radius 2 is 2.22 bits per heavy atom. The fourth-order valence-electron chi connectivity index (χ4n) is 2.57. The molecule has 0 radical (unpaired) electrons. The first-order valence-corrected chi connectivity index (χ1v) is 6.32. The van der Waals surface area contributed by atoms with Gasteiger partial charge in [0.25, 0.3) is 0 Å². The lowest BCUT2D eigenvalue weighted by atomic mass is 9.98. The second-order valence-corrected chi connectivity index (χ2v) is 4.72. The highest BCUT2D eigenvalue weighted by Gasteiger charge is 2.31. The molecule has 0 aromatic heterocycles. The van der Waals surface area contributed by atoms with Crippen molar-refractivity contribution in [1.29, 1.82) is 0 Å².